The van der Waals surface area contributed by atoms with Crippen LogP contribution >= 0.6 is 0 Å². The van der Waals surface area contributed by atoms with E-state index in [2.05, 4.69) is 39.6 Å². The summed E-state index contributed by atoms with van der Waals surface area (Å²) in [6, 6.07) is 0.523. The van der Waals surface area contributed by atoms with Crippen molar-refractivity contribution in [1.82, 2.24) is 4.90 Å². The van der Waals surface area contributed by atoms with Crippen LogP contribution in [0.3, 0.4) is 0 Å². The van der Waals surface area contributed by atoms with E-state index in [1.165, 1.54) is 0 Å². The standard InChI is InChI=1S/C8H20N2/c1-6-8(4,9)10(5)7(2)3/h7H,6,9H2,1-5H3. The first kappa shape index (κ1) is 9.92. The normalized spacial score (nSPS) is 18.0. The van der Waals surface area contributed by atoms with Crippen LogP contribution in [0.1, 0.15) is 34.1 Å². The van der Waals surface area contributed by atoms with Crippen LogP contribution < -0.4 is 5.73 Å². The molecule has 0 aromatic heterocycles. The van der Waals surface area contributed by atoms with Gasteiger partial charge in [-0.2, -0.15) is 0 Å². The Labute approximate surface area is 64.4 Å². The number of nitrogens with zero attached hydrogens (tertiary/aromatic N) is 1. The highest BCUT2D eigenvalue weighted by Crippen LogP contribution is 2.12. The van der Waals surface area contributed by atoms with E-state index in [1.807, 2.05) is 0 Å². The minimum Gasteiger partial charge on any atom is -0.313 e. The lowest BCUT2D eigenvalue weighted by Gasteiger charge is -2.37. The first-order chi connectivity index (χ1) is 4.41. The average Bonchev–Trinajstić information content (AvgIpc) is 1.86. The minimum atomic E-state index is -0.145. The molecule has 2 heteroatoms. The summed E-state index contributed by atoms with van der Waals surface area (Å²) in [6.07, 6.45) is 0.988. The van der Waals surface area contributed by atoms with Gasteiger partial charge in [0, 0.05) is 6.04 Å². The second-order valence-corrected chi connectivity index (χ2v) is 3.42. The number of nitrogens with two attached hydrogens (primary N) is 1. The van der Waals surface area contributed by atoms with E-state index in [-0.39, 0.29) is 5.66 Å². The Morgan fingerprint density at radius 1 is 1.50 bits per heavy atom. The molecule has 10 heavy (non-hydrogen) atoms. The molecule has 1 unspecified atom stereocenters. The maximum Gasteiger partial charge on any atom is 0.0655 e. The lowest BCUT2D eigenvalue weighted by molar-refractivity contribution is 0.103. The van der Waals surface area contributed by atoms with Crippen molar-refractivity contribution in [2.45, 2.75) is 45.8 Å². The summed E-state index contributed by atoms with van der Waals surface area (Å²) in [5.41, 5.74) is 5.84. The molecule has 0 radical (unpaired) electrons. The highest BCUT2D eigenvalue weighted by atomic mass is 15.3. The quantitative estimate of drug-likeness (QED) is 0.607. The van der Waals surface area contributed by atoms with Crippen LogP contribution in [0.4, 0.5) is 0 Å². The smallest absolute Gasteiger partial charge is 0.0655 e. The second kappa shape index (κ2) is 3.35. The van der Waals surface area contributed by atoms with Crippen LogP contribution in [0.15, 0.2) is 0 Å². The van der Waals surface area contributed by atoms with Gasteiger partial charge in [0.1, 0.15) is 0 Å². The Hall–Kier alpha value is -0.0800. The van der Waals surface area contributed by atoms with Gasteiger partial charge in [0.2, 0.25) is 0 Å². The summed E-state index contributed by atoms with van der Waals surface area (Å²) < 4.78 is 0. The largest absolute Gasteiger partial charge is 0.313 e. The highest BCUT2D eigenvalue weighted by Gasteiger charge is 2.23. The monoisotopic (exact) mass is 144 g/mol. The molecule has 62 valence electrons. The van der Waals surface area contributed by atoms with Gasteiger partial charge in [-0.25, -0.2) is 0 Å². The van der Waals surface area contributed by atoms with Gasteiger partial charge in [0.05, 0.1) is 5.66 Å². The van der Waals surface area contributed by atoms with Crippen LogP contribution in [-0.2, 0) is 0 Å². The topological polar surface area (TPSA) is 29.3 Å². The molecule has 0 saturated carbocycles. The fourth-order valence-corrected chi connectivity index (χ4v) is 0.839. The molecule has 1 atom stereocenters. The Kier molecular flexibility index (Phi) is 3.33. The molecule has 2 nitrogen and oxygen atoms in total. The van der Waals surface area contributed by atoms with Crippen LogP contribution in [0, 0.1) is 0 Å². The van der Waals surface area contributed by atoms with Crippen molar-refractivity contribution in [2.75, 3.05) is 7.05 Å². The zero-order valence-electron chi connectivity index (χ0n) is 7.81. The lowest BCUT2D eigenvalue weighted by Crippen LogP contribution is -2.53. The molecule has 0 spiro atoms. The van der Waals surface area contributed by atoms with Crippen molar-refractivity contribution < 1.29 is 0 Å². The molecular weight excluding hydrogens is 124 g/mol. The third-order valence-electron chi connectivity index (χ3n) is 2.30. The summed E-state index contributed by atoms with van der Waals surface area (Å²) in [5.74, 6) is 0. The summed E-state index contributed by atoms with van der Waals surface area (Å²) >= 11 is 0. The third-order valence-corrected chi connectivity index (χ3v) is 2.30. The van der Waals surface area contributed by atoms with Gasteiger partial charge in [-0.05, 0) is 34.2 Å². The summed E-state index contributed by atoms with van der Waals surface area (Å²) in [7, 11) is 2.06. The van der Waals surface area contributed by atoms with Gasteiger partial charge in [-0.3, -0.25) is 4.90 Å². The Morgan fingerprint density at radius 3 is 2.00 bits per heavy atom. The van der Waals surface area contributed by atoms with E-state index in [4.69, 9.17) is 5.73 Å². The van der Waals surface area contributed by atoms with Crippen molar-refractivity contribution in [3.63, 3.8) is 0 Å². The van der Waals surface area contributed by atoms with E-state index < -0.39 is 0 Å². The van der Waals surface area contributed by atoms with Crippen molar-refractivity contribution in [1.29, 1.82) is 0 Å². The van der Waals surface area contributed by atoms with E-state index >= 15 is 0 Å². The summed E-state index contributed by atoms with van der Waals surface area (Å²) in [4.78, 5) is 2.19. The third kappa shape index (κ3) is 2.27. The molecule has 0 aliphatic rings. The molecule has 0 aliphatic heterocycles. The highest BCUT2D eigenvalue weighted by molar-refractivity contribution is 4.77. The van der Waals surface area contributed by atoms with E-state index in [0.717, 1.165) is 6.42 Å². The summed E-state index contributed by atoms with van der Waals surface area (Å²) in [6.45, 7) is 8.48. The maximum absolute atomic E-state index is 5.99. The molecular formula is C8H20N2. The predicted octanol–water partition coefficient (Wildman–Crippen LogP) is 1.41. The minimum absolute atomic E-state index is 0.145. The first-order valence-electron chi connectivity index (χ1n) is 3.93. The molecule has 2 N–H and O–H groups in total. The van der Waals surface area contributed by atoms with E-state index in [9.17, 15) is 0 Å². The number of hydrogen-bond donors (Lipinski definition) is 1. The van der Waals surface area contributed by atoms with Crippen molar-refractivity contribution >= 4 is 0 Å². The van der Waals surface area contributed by atoms with Crippen molar-refractivity contribution in [2.24, 2.45) is 5.73 Å². The van der Waals surface area contributed by atoms with Crippen molar-refractivity contribution in [3.8, 4) is 0 Å². The molecule has 0 fully saturated rings. The van der Waals surface area contributed by atoms with Crippen LogP contribution in [0.25, 0.3) is 0 Å². The van der Waals surface area contributed by atoms with Crippen molar-refractivity contribution in [3.05, 3.63) is 0 Å². The van der Waals surface area contributed by atoms with Gasteiger partial charge < -0.3 is 5.73 Å². The Bertz CT molecular complexity index is 97.4. The van der Waals surface area contributed by atoms with Gasteiger partial charge in [-0.15, -0.1) is 0 Å². The molecule has 0 aromatic carbocycles. The lowest BCUT2D eigenvalue weighted by atomic mass is 10.1. The zero-order chi connectivity index (χ0) is 8.36. The second-order valence-electron chi connectivity index (χ2n) is 3.42. The molecule has 0 aliphatic carbocycles. The Balaban J connectivity index is 4.03. The molecule has 0 bridgehead atoms. The van der Waals surface area contributed by atoms with Crippen LogP contribution in [-0.4, -0.2) is 23.7 Å². The zero-order valence-corrected chi connectivity index (χ0v) is 7.81. The fourth-order valence-electron chi connectivity index (χ4n) is 0.839. The van der Waals surface area contributed by atoms with Gasteiger partial charge in [-0.1, -0.05) is 6.92 Å². The average molecular weight is 144 g/mol. The van der Waals surface area contributed by atoms with Gasteiger partial charge in [0.25, 0.3) is 0 Å². The SMILES string of the molecule is CCC(C)(N)N(C)C(C)C. The fraction of sp³-hybridized carbons (Fsp3) is 1.00. The van der Waals surface area contributed by atoms with Gasteiger partial charge >= 0.3 is 0 Å². The molecule has 0 saturated heterocycles. The molecule has 0 rings (SSSR count). The molecule has 0 aromatic rings. The molecule has 0 heterocycles. The van der Waals surface area contributed by atoms with E-state index in [1.54, 1.807) is 0 Å². The van der Waals surface area contributed by atoms with Crippen LogP contribution in [0.2, 0.25) is 0 Å². The van der Waals surface area contributed by atoms with E-state index in [0.29, 0.717) is 6.04 Å². The summed E-state index contributed by atoms with van der Waals surface area (Å²) in [5, 5.41) is 0. The van der Waals surface area contributed by atoms with Crippen LogP contribution in [0.5, 0.6) is 0 Å². The number of rotatable bonds is 3. The first-order valence-corrected chi connectivity index (χ1v) is 3.93. The number of hydrogen-bond acceptors (Lipinski definition) is 2. The van der Waals surface area contributed by atoms with Gasteiger partial charge in [0.15, 0.2) is 0 Å². The Morgan fingerprint density at radius 2 is 1.90 bits per heavy atom. The molecule has 0 amide bonds. The predicted molar refractivity (Wildman–Crippen MR) is 45.8 cm³/mol. The maximum atomic E-state index is 5.99.